The third-order valence-electron chi connectivity index (χ3n) is 5.54. The fourth-order valence-electron chi connectivity index (χ4n) is 3.67. The number of aryl methyl sites for hydroxylation is 2. The standard InChI is InChI=1S/C25H24N4O4S/c1-16-9-12-19(15-23(16)34(32,33)28(3)4)27-24(30)18-10-13-20(14-11-18)29-17(2)26-22-8-6-5-7-21(22)25(29)31/h5-15H,1-4H3,(H,27,30). The van der Waals surface area contributed by atoms with Gasteiger partial charge in [-0.15, -0.1) is 0 Å². The summed E-state index contributed by atoms with van der Waals surface area (Å²) in [6.07, 6.45) is 0. The van der Waals surface area contributed by atoms with Crippen LogP contribution in [0.2, 0.25) is 0 Å². The average Bonchev–Trinajstić information content (AvgIpc) is 2.80. The van der Waals surface area contributed by atoms with Crippen LogP contribution in [0.1, 0.15) is 21.7 Å². The topological polar surface area (TPSA) is 101 Å². The number of para-hydroxylation sites is 1. The van der Waals surface area contributed by atoms with E-state index in [4.69, 9.17) is 0 Å². The van der Waals surface area contributed by atoms with Gasteiger partial charge in [0, 0.05) is 25.3 Å². The van der Waals surface area contributed by atoms with E-state index >= 15 is 0 Å². The van der Waals surface area contributed by atoms with Crippen LogP contribution < -0.4 is 10.9 Å². The molecule has 174 valence electrons. The van der Waals surface area contributed by atoms with Crippen LogP contribution in [0.15, 0.2) is 76.4 Å². The fraction of sp³-hybridized carbons (Fsp3) is 0.160. The Labute approximate surface area is 197 Å². The second-order valence-corrected chi connectivity index (χ2v) is 10.2. The summed E-state index contributed by atoms with van der Waals surface area (Å²) in [6, 6.07) is 18.5. The molecule has 0 spiro atoms. The first-order valence-electron chi connectivity index (χ1n) is 10.5. The molecule has 0 unspecified atom stereocenters. The van der Waals surface area contributed by atoms with E-state index in [1.165, 1.54) is 24.7 Å². The minimum absolute atomic E-state index is 0.129. The van der Waals surface area contributed by atoms with E-state index in [9.17, 15) is 18.0 Å². The van der Waals surface area contributed by atoms with Crippen LogP contribution in [0, 0.1) is 13.8 Å². The lowest BCUT2D eigenvalue weighted by Gasteiger charge is -2.15. The summed E-state index contributed by atoms with van der Waals surface area (Å²) in [6.45, 7) is 3.46. The summed E-state index contributed by atoms with van der Waals surface area (Å²) >= 11 is 0. The molecule has 0 fully saturated rings. The van der Waals surface area contributed by atoms with Crippen molar-refractivity contribution in [2.24, 2.45) is 0 Å². The summed E-state index contributed by atoms with van der Waals surface area (Å²) in [5.74, 6) is 0.138. The molecule has 4 aromatic rings. The van der Waals surface area contributed by atoms with Gasteiger partial charge >= 0.3 is 0 Å². The molecule has 1 aromatic heterocycles. The van der Waals surface area contributed by atoms with E-state index in [0.29, 0.717) is 39.2 Å². The van der Waals surface area contributed by atoms with Crippen LogP contribution in [0.3, 0.4) is 0 Å². The number of anilines is 1. The van der Waals surface area contributed by atoms with Crippen molar-refractivity contribution in [3.63, 3.8) is 0 Å². The van der Waals surface area contributed by atoms with Gasteiger partial charge in [0.05, 0.1) is 21.5 Å². The number of rotatable bonds is 5. The number of nitrogens with one attached hydrogen (secondary N) is 1. The molecule has 0 aliphatic heterocycles. The van der Waals surface area contributed by atoms with Gasteiger partial charge < -0.3 is 5.32 Å². The Morgan fingerprint density at radius 1 is 0.971 bits per heavy atom. The molecule has 1 amide bonds. The molecule has 1 N–H and O–H groups in total. The molecule has 1 heterocycles. The number of hydrogen-bond acceptors (Lipinski definition) is 5. The molecule has 0 saturated heterocycles. The van der Waals surface area contributed by atoms with Gasteiger partial charge in [-0.1, -0.05) is 18.2 Å². The number of amides is 1. The number of aromatic nitrogens is 2. The highest BCUT2D eigenvalue weighted by Gasteiger charge is 2.20. The number of carbonyl (C=O) groups excluding carboxylic acids is 1. The van der Waals surface area contributed by atoms with Gasteiger partial charge in [0.1, 0.15) is 5.82 Å². The van der Waals surface area contributed by atoms with E-state index in [-0.39, 0.29) is 10.5 Å². The van der Waals surface area contributed by atoms with Gasteiger partial charge in [0.25, 0.3) is 11.5 Å². The van der Waals surface area contributed by atoms with E-state index in [1.807, 2.05) is 6.07 Å². The van der Waals surface area contributed by atoms with Crippen LogP contribution in [0.25, 0.3) is 16.6 Å². The van der Waals surface area contributed by atoms with Crippen LogP contribution in [-0.2, 0) is 10.0 Å². The molecule has 0 radical (unpaired) electrons. The number of nitrogens with zero attached hydrogens (tertiary/aromatic N) is 3. The summed E-state index contributed by atoms with van der Waals surface area (Å²) in [5, 5.41) is 3.25. The highest BCUT2D eigenvalue weighted by atomic mass is 32.2. The SMILES string of the molecule is Cc1ccc(NC(=O)c2ccc(-n3c(C)nc4ccccc4c3=O)cc2)cc1S(=O)(=O)N(C)C. The predicted octanol–water partition coefficient (Wildman–Crippen LogP) is 3.51. The zero-order chi connectivity index (χ0) is 24.6. The number of benzene rings is 3. The van der Waals surface area contributed by atoms with Gasteiger partial charge in [-0.25, -0.2) is 17.7 Å². The minimum atomic E-state index is -3.65. The predicted molar refractivity (Wildman–Crippen MR) is 132 cm³/mol. The van der Waals surface area contributed by atoms with Gasteiger partial charge in [0.15, 0.2) is 0 Å². The van der Waals surface area contributed by atoms with Crippen molar-refractivity contribution in [2.45, 2.75) is 18.7 Å². The van der Waals surface area contributed by atoms with Crippen LogP contribution in [-0.4, -0.2) is 42.3 Å². The normalized spacial score (nSPS) is 11.7. The molecule has 9 heteroatoms. The van der Waals surface area contributed by atoms with Crippen molar-refractivity contribution in [1.82, 2.24) is 13.9 Å². The minimum Gasteiger partial charge on any atom is -0.322 e. The Balaban J connectivity index is 1.62. The Bertz CT molecular complexity index is 1570. The lowest BCUT2D eigenvalue weighted by Crippen LogP contribution is -2.23. The lowest BCUT2D eigenvalue weighted by molar-refractivity contribution is 0.102. The number of hydrogen-bond donors (Lipinski definition) is 1. The van der Waals surface area contributed by atoms with Crippen molar-refractivity contribution < 1.29 is 13.2 Å². The van der Waals surface area contributed by atoms with Crippen molar-refractivity contribution in [3.8, 4) is 5.69 Å². The summed E-state index contributed by atoms with van der Waals surface area (Å²) in [7, 11) is -0.731. The monoisotopic (exact) mass is 476 g/mol. The maximum Gasteiger partial charge on any atom is 0.265 e. The van der Waals surface area contributed by atoms with Crippen molar-refractivity contribution >= 4 is 32.5 Å². The number of fused-ring (bicyclic) bond motifs is 1. The molecule has 8 nitrogen and oxygen atoms in total. The zero-order valence-electron chi connectivity index (χ0n) is 19.2. The van der Waals surface area contributed by atoms with Crippen LogP contribution in [0.4, 0.5) is 5.69 Å². The van der Waals surface area contributed by atoms with E-state index in [2.05, 4.69) is 10.3 Å². The van der Waals surface area contributed by atoms with Crippen molar-refractivity contribution in [2.75, 3.05) is 19.4 Å². The van der Waals surface area contributed by atoms with Gasteiger partial charge in [0.2, 0.25) is 10.0 Å². The molecule has 0 aliphatic rings. The lowest BCUT2D eigenvalue weighted by atomic mass is 10.1. The van der Waals surface area contributed by atoms with Crippen molar-refractivity contribution in [1.29, 1.82) is 0 Å². The highest BCUT2D eigenvalue weighted by molar-refractivity contribution is 7.89. The Morgan fingerprint density at radius 2 is 1.65 bits per heavy atom. The molecule has 0 bridgehead atoms. The highest BCUT2D eigenvalue weighted by Crippen LogP contribution is 2.23. The van der Waals surface area contributed by atoms with Gasteiger partial charge in [-0.3, -0.25) is 14.2 Å². The quantitative estimate of drug-likeness (QED) is 0.475. The van der Waals surface area contributed by atoms with Gasteiger partial charge in [-0.05, 0) is 67.9 Å². The third-order valence-corrected chi connectivity index (χ3v) is 7.49. The largest absolute Gasteiger partial charge is 0.322 e. The maximum atomic E-state index is 13.0. The zero-order valence-corrected chi connectivity index (χ0v) is 20.1. The fourth-order valence-corrected chi connectivity index (χ4v) is 4.81. The molecular formula is C25H24N4O4S. The number of sulfonamides is 1. The Morgan fingerprint density at radius 3 is 2.32 bits per heavy atom. The smallest absolute Gasteiger partial charge is 0.265 e. The molecule has 34 heavy (non-hydrogen) atoms. The summed E-state index contributed by atoms with van der Waals surface area (Å²) in [4.78, 5) is 30.4. The molecule has 3 aromatic carbocycles. The first-order chi connectivity index (χ1) is 16.1. The first-order valence-corrected chi connectivity index (χ1v) is 12.0. The number of carbonyl (C=O) groups is 1. The van der Waals surface area contributed by atoms with Gasteiger partial charge in [-0.2, -0.15) is 0 Å². The van der Waals surface area contributed by atoms with E-state index < -0.39 is 15.9 Å². The van der Waals surface area contributed by atoms with Crippen molar-refractivity contribution in [3.05, 3.63) is 94.0 Å². The van der Waals surface area contributed by atoms with Crippen LogP contribution >= 0.6 is 0 Å². The first kappa shape index (κ1) is 23.3. The molecule has 4 rings (SSSR count). The average molecular weight is 477 g/mol. The molecule has 0 atom stereocenters. The molecule has 0 saturated carbocycles. The maximum absolute atomic E-state index is 13.0. The Hall–Kier alpha value is -3.82. The molecular weight excluding hydrogens is 452 g/mol. The molecule has 0 aliphatic carbocycles. The summed E-state index contributed by atoms with van der Waals surface area (Å²) < 4.78 is 27.7. The Kier molecular flexibility index (Phi) is 6.07. The van der Waals surface area contributed by atoms with Crippen LogP contribution in [0.5, 0.6) is 0 Å². The van der Waals surface area contributed by atoms with E-state index in [1.54, 1.807) is 68.4 Å². The second kappa shape index (κ2) is 8.85. The van der Waals surface area contributed by atoms with E-state index in [0.717, 1.165) is 4.31 Å². The second-order valence-electron chi connectivity index (χ2n) is 8.09. The summed E-state index contributed by atoms with van der Waals surface area (Å²) in [5.41, 5.74) is 2.35. The third kappa shape index (κ3) is 4.23.